The van der Waals surface area contributed by atoms with Crippen molar-refractivity contribution in [1.82, 2.24) is 10.2 Å². The smallest absolute Gasteiger partial charge is 0.194 e. The maximum Gasteiger partial charge on any atom is 0.194 e. The minimum absolute atomic E-state index is 0. The molecule has 1 aliphatic carbocycles. The lowest BCUT2D eigenvalue weighted by atomic mass is 9.82. The van der Waals surface area contributed by atoms with E-state index in [0.717, 1.165) is 30.1 Å². The fraction of sp³-hybridized carbons (Fsp3) is 0.688. The van der Waals surface area contributed by atoms with E-state index in [-0.39, 0.29) is 24.0 Å². The van der Waals surface area contributed by atoms with Crippen molar-refractivity contribution >= 4 is 29.9 Å². The number of hydrogen-bond acceptors (Lipinski definition) is 2. The number of nitrogens with zero attached hydrogens (tertiary/aromatic N) is 2. The van der Waals surface area contributed by atoms with Crippen LogP contribution < -0.4 is 5.32 Å². The average Bonchev–Trinajstić information content (AvgIpc) is 3.12. The Hall–Kier alpha value is -0.720. The molecule has 3 rings (SSSR count). The minimum atomic E-state index is 0. The van der Waals surface area contributed by atoms with Crippen molar-refractivity contribution in [2.45, 2.75) is 39.2 Å². The quantitative estimate of drug-likeness (QED) is 0.477. The Balaban J connectivity index is 0.00000161. The zero-order valence-corrected chi connectivity index (χ0v) is 15.1. The van der Waals surface area contributed by atoms with Gasteiger partial charge in [-0.2, -0.15) is 0 Å². The van der Waals surface area contributed by atoms with Crippen molar-refractivity contribution in [3.05, 3.63) is 24.2 Å². The molecule has 1 saturated heterocycles. The number of nitrogens with one attached hydrogen (secondary N) is 1. The molecule has 2 heterocycles. The Morgan fingerprint density at radius 2 is 2.05 bits per heavy atom. The molecule has 0 amide bonds. The Morgan fingerprint density at radius 1 is 1.33 bits per heavy atom. The highest BCUT2D eigenvalue weighted by molar-refractivity contribution is 14.0. The van der Waals surface area contributed by atoms with Crippen LogP contribution in [0.5, 0.6) is 0 Å². The second-order valence-corrected chi connectivity index (χ2v) is 5.96. The molecule has 0 aromatic carbocycles. The molecule has 0 bridgehead atoms. The molecule has 5 heteroatoms. The number of likely N-dealkylation sites (tertiary alicyclic amines) is 1. The van der Waals surface area contributed by atoms with Gasteiger partial charge >= 0.3 is 0 Å². The minimum Gasteiger partial charge on any atom is -0.467 e. The van der Waals surface area contributed by atoms with Crippen molar-refractivity contribution < 1.29 is 4.42 Å². The van der Waals surface area contributed by atoms with E-state index in [0.29, 0.717) is 6.54 Å². The zero-order valence-electron chi connectivity index (χ0n) is 12.8. The van der Waals surface area contributed by atoms with Gasteiger partial charge in [0.2, 0.25) is 0 Å². The molecule has 1 aromatic rings. The lowest BCUT2D eigenvalue weighted by molar-refractivity contribution is 0.299. The summed E-state index contributed by atoms with van der Waals surface area (Å²) < 4.78 is 5.37. The third-order valence-electron chi connectivity index (χ3n) is 4.58. The molecular weight excluding hydrogens is 377 g/mol. The van der Waals surface area contributed by atoms with Crippen LogP contribution in [0, 0.1) is 11.8 Å². The van der Waals surface area contributed by atoms with E-state index in [9.17, 15) is 0 Å². The second kappa shape index (κ2) is 8.06. The van der Waals surface area contributed by atoms with E-state index >= 15 is 0 Å². The Bertz CT molecular complexity index is 432. The van der Waals surface area contributed by atoms with E-state index in [1.807, 2.05) is 12.1 Å². The van der Waals surface area contributed by atoms with Gasteiger partial charge in [0.1, 0.15) is 12.3 Å². The van der Waals surface area contributed by atoms with Crippen LogP contribution in [-0.4, -0.2) is 30.5 Å². The molecule has 2 atom stereocenters. The summed E-state index contributed by atoms with van der Waals surface area (Å²) in [6, 6.07) is 3.90. The highest BCUT2D eigenvalue weighted by Gasteiger charge is 2.35. The largest absolute Gasteiger partial charge is 0.467 e. The maximum atomic E-state index is 5.37. The van der Waals surface area contributed by atoms with E-state index in [1.54, 1.807) is 6.26 Å². The zero-order chi connectivity index (χ0) is 13.8. The van der Waals surface area contributed by atoms with Gasteiger partial charge in [-0.15, -0.1) is 24.0 Å². The van der Waals surface area contributed by atoms with Crippen molar-refractivity contribution in [3.63, 3.8) is 0 Å². The molecule has 0 radical (unpaired) electrons. The van der Waals surface area contributed by atoms with Crippen LogP contribution >= 0.6 is 24.0 Å². The van der Waals surface area contributed by atoms with Gasteiger partial charge in [-0.1, -0.05) is 12.8 Å². The predicted molar refractivity (Wildman–Crippen MR) is 96.0 cm³/mol. The van der Waals surface area contributed by atoms with E-state index < -0.39 is 0 Å². The second-order valence-electron chi connectivity index (χ2n) is 5.96. The summed E-state index contributed by atoms with van der Waals surface area (Å²) in [6.07, 6.45) is 7.34. The molecule has 4 nitrogen and oxygen atoms in total. The highest BCUT2D eigenvalue weighted by atomic mass is 127. The summed E-state index contributed by atoms with van der Waals surface area (Å²) in [5.74, 6) is 3.75. The van der Waals surface area contributed by atoms with Gasteiger partial charge in [0, 0.05) is 19.6 Å². The third kappa shape index (κ3) is 4.14. The SMILES string of the molecule is CCNC(=NCc1ccco1)N1CC2CCCCC2C1.I. The van der Waals surface area contributed by atoms with Gasteiger partial charge in [-0.25, -0.2) is 4.99 Å². The van der Waals surface area contributed by atoms with Crippen molar-refractivity contribution in [3.8, 4) is 0 Å². The standard InChI is InChI=1S/C16H25N3O.HI/c1-2-17-16(18-10-15-8-5-9-20-15)19-11-13-6-3-4-7-14(13)12-19;/h5,8-9,13-14H,2-4,6-7,10-12H2,1H3,(H,17,18);1H. The number of hydrogen-bond donors (Lipinski definition) is 1. The van der Waals surface area contributed by atoms with Crippen LogP contribution in [0.15, 0.2) is 27.8 Å². The third-order valence-corrected chi connectivity index (χ3v) is 4.58. The molecular formula is C16H26IN3O. The molecule has 1 N–H and O–H groups in total. The molecule has 2 aliphatic rings. The monoisotopic (exact) mass is 403 g/mol. The summed E-state index contributed by atoms with van der Waals surface area (Å²) >= 11 is 0. The number of fused-ring (bicyclic) bond motifs is 1. The van der Waals surface area contributed by atoms with E-state index in [4.69, 9.17) is 9.41 Å². The first-order chi connectivity index (χ1) is 9.86. The summed E-state index contributed by atoms with van der Waals surface area (Å²) in [6.45, 7) is 6.03. The van der Waals surface area contributed by atoms with E-state index in [2.05, 4.69) is 17.1 Å². The predicted octanol–water partition coefficient (Wildman–Crippen LogP) is 3.49. The molecule has 21 heavy (non-hydrogen) atoms. The Labute approximate surface area is 144 Å². The molecule has 118 valence electrons. The molecule has 2 unspecified atom stereocenters. The molecule has 1 aliphatic heterocycles. The van der Waals surface area contributed by atoms with Gasteiger partial charge in [-0.3, -0.25) is 0 Å². The van der Waals surface area contributed by atoms with Gasteiger partial charge < -0.3 is 14.6 Å². The normalized spacial score (nSPS) is 25.4. The Morgan fingerprint density at radius 3 is 2.62 bits per heavy atom. The van der Waals surface area contributed by atoms with Crippen LogP contribution in [0.1, 0.15) is 38.4 Å². The first-order valence-electron chi connectivity index (χ1n) is 7.92. The van der Waals surface area contributed by atoms with Crippen molar-refractivity contribution in [1.29, 1.82) is 0 Å². The fourth-order valence-corrected chi connectivity index (χ4v) is 3.56. The summed E-state index contributed by atoms with van der Waals surface area (Å²) in [7, 11) is 0. The van der Waals surface area contributed by atoms with Crippen molar-refractivity contribution in [2.75, 3.05) is 19.6 Å². The summed E-state index contributed by atoms with van der Waals surface area (Å²) in [4.78, 5) is 7.19. The number of aliphatic imine (C=N–C) groups is 1. The molecule has 0 spiro atoms. The van der Waals surface area contributed by atoms with Gasteiger partial charge in [0.05, 0.1) is 6.26 Å². The van der Waals surface area contributed by atoms with Gasteiger partial charge in [0.25, 0.3) is 0 Å². The van der Waals surface area contributed by atoms with Crippen LogP contribution in [0.25, 0.3) is 0 Å². The highest BCUT2D eigenvalue weighted by Crippen LogP contribution is 2.35. The van der Waals surface area contributed by atoms with Gasteiger partial charge in [-0.05, 0) is 43.7 Å². The fourth-order valence-electron chi connectivity index (χ4n) is 3.56. The lowest BCUT2D eigenvalue weighted by Gasteiger charge is -2.22. The van der Waals surface area contributed by atoms with Gasteiger partial charge in [0.15, 0.2) is 5.96 Å². The van der Waals surface area contributed by atoms with Crippen LogP contribution in [0.3, 0.4) is 0 Å². The van der Waals surface area contributed by atoms with Crippen LogP contribution in [0.4, 0.5) is 0 Å². The molecule has 1 saturated carbocycles. The first-order valence-corrected chi connectivity index (χ1v) is 7.92. The summed E-state index contributed by atoms with van der Waals surface area (Å²) in [5.41, 5.74) is 0. The van der Waals surface area contributed by atoms with E-state index in [1.165, 1.54) is 38.8 Å². The number of furan rings is 1. The molecule has 1 aromatic heterocycles. The van der Waals surface area contributed by atoms with Crippen LogP contribution in [-0.2, 0) is 6.54 Å². The van der Waals surface area contributed by atoms with Crippen LogP contribution in [0.2, 0.25) is 0 Å². The maximum absolute atomic E-state index is 5.37. The summed E-state index contributed by atoms with van der Waals surface area (Å²) in [5, 5.41) is 3.43. The molecule has 2 fully saturated rings. The number of guanidine groups is 1. The number of halogens is 1. The Kier molecular flexibility index (Phi) is 6.39. The van der Waals surface area contributed by atoms with Crippen molar-refractivity contribution in [2.24, 2.45) is 16.8 Å². The lowest BCUT2D eigenvalue weighted by Crippen LogP contribution is -2.40. The topological polar surface area (TPSA) is 40.8 Å². The number of rotatable bonds is 3. The average molecular weight is 403 g/mol. The first kappa shape index (κ1) is 16.6.